The van der Waals surface area contributed by atoms with Crippen LogP contribution in [0.15, 0.2) is 27.8 Å². The van der Waals surface area contributed by atoms with Crippen molar-refractivity contribution in [2.75, 3.05) is 78.5 Å². The zero-order valence-corrected chi connectivity index (χ0v) is 18.7. The standard InChI is InChI=1S/C22H38N6O2/c1-3-23-22(24-9-5-6-10-26-13-11-25(4-2)12-14-26)28-17-15-27(16-18-28)21(29)20-8-7-19-30-20/h7-8,19H,3-6,9-18H2,1-2H3,(H,23,24). The maximum Gasteiger partial charge on any atom is 0.289 e. The Labute approximate surface area is 180 Å². The molecular weight excluding hydrogens is 380 g/mol. The summed E-state index contributed by atoms with van der Waals surface area (Å²) >= 11 is 0. The molecule has 0 bridgehead atoms. The number of guanidine groups is 1. The second-order valence-corrected chi connectivity index (χ2v) is 7.98. The van der Waals surface area contributed by atoms with Gasteiger partial charge in [-0.05, 0) is 45.0 Å². The van der Waals surface area contributed by atoms with E-state index in [-0.39, 0.29) is 5.91 Å². The van der Waals surface area contributed by atoms with Gasteiger partial charge in [0.1, 0.15) is 0 Å². The highest BCUT2D eigenvalue weighted by atomic mass is 16.3. The van der Waals surface area contributed by atoms with E-state index in [0.717, 1.165) is 38.6 Å². The molecule has 30 heavy (non-hydrogen) atoms. The van der Waals surface area contributed by atoms with Crippen LogP contribution in [-0.2, 0) is 0 Å². The molecule has 1 aromatic rings. The molecule has 8 heteroatoms. The van der Waals surface area contributed by atoms with Gasteiger partial charge in [0.2, 0.25) is 0 Å². The number of hydrogen-bond acceptors (Lipinski definition) is 5. The van der Waals surface area contributed by atoms with E-state index in [0.29, 0.717) is 18.8 Å². The van der Waals surface area contributed by atoms with Crippen molar-refractivity contribution in [3.05, 3.63) is 24.2 Å². The number of rotatable bonds is 8. The van der Waals surface area contributed by atoms with Gasteiger partial charge in [0.25, 0.3) is 5.91 Å². The minimum Gasteiger partial charge on any atom is -0.459 e. The molecular formula is C22H38N6O2. The van der Waals surface area contributed by atoms with Crippen LogP contribution in [0.4, 0.5) is 0 Å². The van der Waals surface area contributed by atoms with E-state index in [1.54, 1.807) is 18.4 Å². The number of unbranched alkanes of at least 4 members (excludes halogenated alkanes) is 1. The first kappa shape index (κ1) is 22.6. The average molecular weight is 419 g/mol. The average Bonchev–Trinajstić information content (AvgIpc) is 3.33. The molecule has 0 aliphatic carbocycles. The second-order valence-electron chi connectivity index (χ2n) is 7.98. The van der Waals surface area contributed by atoms with Crippen LogP contribution in [0.1, 0.15) is 37.2 Å². The molecule has 0 spiro atoms. The molecule has 168 valence electrons. The topological polar surface area (TPSA) is 67.6 Å². The fourth-order valence-corrected chi connectivity index (χ4v) is 4.06. The molecule has 0 radical (unpaired) electrons. The van der Waals surface area contributed by atoms with Gasteiger partial charge in [0.05, 0.1) is 6.26 Å². The third kappa shape index (κ3) is 6.47. The quantitative estimate of drug-likeness (QED) is 0.391. The van der Waals surface area contributed by atoms with Gasteiger partial charge in [0, 0.05) is 65.4 Å². The summed E-state index contributed by atoms with van der Waals surface area (Å²) < 4.78 is 5.25. The van der Waals surface area contributed by atoms with Gasteiger partial charge >= 0.3 is 0 Å². The van der Waals surface area contributed by atoms with Crippen LogP contribution in [0.5, 0.6) is 0 Å². The van der Waals surface area contributed by atoms with Crippen molar-refractivity contribution in [1.29, 1.82) is 0 Å². The van der Waals surface area contributed by atoms with Crippen LogP contribution in [0.25, 0.3) is 0 Å². The zero-order chi connectivity index (χ0) is 21.2. The molecule has 2 saturated heterocycles. The molecule has 0 atom stereocenters. The Bertz CT molecular complexity index is 647. The van der Waals surface area contributed by atoms with E-state index in [2.05, 4.69) is 33.9 Å². The highest BCUT2D eigenvalue weighted by Crippen LogP contribution is 2.10. The first-order valence-corrected chi connectivity index (χ1v) is 11.5. The van der Waals surface area contributed by atoms with Crippen LogP contribution in [-0.4, -0.2) is 110 Å². The van der Waals surface area contributed by atoms with Gasteiger partial charge in [-0.25, -0.2) is 0 Å². The molecule has 1 amide bonds. The van der Waals surface area contributed by atoms with Crippen LogP contribution in [0, 0.1) is 0 Å². The molecule has 1 N–H and O–H groups in total. The number of carbonyl (C=O) groups is 1. The number of nitrogens with zero attached hydrogens (tertiary/aromatic N) is 5. The van der Waals surface area contributed by atoms with Crippen molar-refractivity contribution in [2.24, 2.45) is 4.99 Å². The first-order valence-electron chi connectivity index (χ1n) is 11.5. The van der Waals surface area contributed by atoms with Crippen LogP contribution < -0.4 is 5.32 Å². The Morgan fingerprint density at radius 2 is 1.70 bits per heavy atom. The number of likely N-dealkylation sites (N-methyl/N-ethyl adjacent to an activating group) is 1. The predicted octanol–water partition coefficient (Wildman–Crippen LogP) is 1.42. The van der Waals surface area contributed by atoms with Gasteiger partial charge in [-0.3, -0.25) is 9.79 Å². The summed E-state index contributed by atoms with van der Waals surface area (Å²) in [6.45, 7) is 16.1. The smallest absolute Gasteiger partial charge is 0.289 e. The summed E-state index contributed by atoms with van der Waals surface area (Å²) in [4.78, 5) is 26.5. The molecule has 1 aromatic heterocycles. The normalized spacial score (nSPS) is 19.3. The van der Waals surface area contributed by atoms with Crippen LogP contribution in [0.3, 0.4) is 0 Å². The number of carbonyl (C=O) groups excluding carboxylic acids is 1. The Hall–Kier alpha value is -2.06. The van der Waals surface area contributed by atoms with Crippen molar-refractivity contribution in [2.45, 2.75) is 26.7 Å². The minimum absolute atomic E-state index is 0.0265. The van der Waals surface area contributed by atoms with Gasteiger partial charge in [0.15, 0.2) is 11.7 Å². The SMILES string of the molecule is CCNC(=NCCCCN1CCN(CC)CC1)N1CCN(C(=O)c2ccco2)CC1. The third-order valence-electron chi connectivity index (χ3n) is 5.99. The summed E-state index contributed by atoms with van der Waals surface area (Å²) in [6.07, 6.45) is 3.85. The summed E-state index contributed by atoms with van der Waals surface area (Å²) in [5.74, 6) is 1.36. The molecule has 2 aliphatic heterocycles. The molecule has 2 fully saturated rings. The number of nitrogens with one attached hydrogen (secondary N) is 1. The van der Waals surface area contributed by atoms with E-state index >= 15 is 0 Å². The van der Waals surface area contributed by atoms with E-state index < -0.39 is 0 Å². The van der Waals surface area contributed by atoms with E-state index in [9.17, 15) is 4.79 Å². The number of hydrogen-bond donors (Lipinski definition) is 1. The summed E-state index contributed by atoms with van der Waals surface area (Å²) in [5.41, 5.74) is 0. The maximum absolute atomic E-state index is 12.4. The largest absolute Gasteiger partial charge is 0.459 e. The fourth-order valence-electron chi connectivity index (χ4n) is 4.06. The molecule has 2 aliphatic rings. The Kier molecular flexibility index (Phi) is 9.01. The maximum atomic E-state index is 12.4. The van der Waals surface area contributed by atoms with Crippen molar-refractivity contribution in [3.63, 3.8) is 0 Å². The highest BCUT2D eigenvalue weighted by Gasteiger charge is 2.25. The van der Waals surface area contributed by atoms with Gasteiger partial charge in [-0.1, -0.05) is 6.92 Å². The lowest BCUT2D eigenvalue weighted by Crippen LogP contribution is -2.53. The number of aliphatic imine (C=N–C) groups is 1. The van der Waals surface area contributed by atoms with Crippen LogP contribution >= 0.6 is 0 Å². The van der Waals surface area contributed by atoms with E-state index in [4.69, 9.17) is 9.41 Å². The second kappa shape index (κ2) is 12.0. The predicted molar refractivity (Wildman–Crippen MR) is 120 cm³/mol. The molecule has 0 aromatic carbocycles. The van der Waals surface area contributed by atoms with Gasteiger partial charge in [-0.2, -0.15) is 0 Å². The highest BCUT2D eigenvalue weighted by molar-refractivity contribution is 5.91. The first-order chi connectivity index (χ1) is 14.7. The Morgan fingerprint density at radius 1 is 1.00 bits per heavy atom. The van der Waals surface area contributed by atoms with E-state index in [1.807, 2.05) is 4.90 Å². The molecule has 3 rings (SSSR count). The molecule has 8 nitrogen and oxygen atoms in total. The fraction of sp³-hybridized carbons (Fsp3) is 0.727. The third-order valence-corrected chi connectivity index (χ3v) is 5.99. The summed E-state index contributed by atoms with van der Waals surface area (Å²) in [7, 11) is 0. The lowest BCUT2D eigenvalue weighted by molar-refractivity contribution is 0.0657. The van der Waals surface area contributed by atoms with Crippen molar-refractivity contribution >= 4 is 11.9 Å². The lowest BCUT2D eigenvalue weighted by atomic mass is 10.2. The van der Waals surface area contributed by atoms with Crippen molar-refractivity contribution in [3.8, 4) is 0 Å². The van der Waals surface area contributed by atoms with Gasteiger partial charge in [-0.15, -0.1) is 0 Å². The summed E-state index contributed by atoms with van der Waals surface area (Å²) in [6, 6.07) is 3.48. The van der Waals surface area contributed by atoms with Crippen molar-refractivity contribution < 1.29 is 9.21 Å². The zero-order valence-electron chi connectivity index (χ0n) is 18.7. The molecule has 0 unspecified atom stereocenters. The van der Waals surface area contributed by atoms with Crippen molar-refractivity contribution in [1.82, 2.24) is 24.9 Å². The Morgan fingerprint density at radius 3 is 2.33 bits per heavy atom. The minimum atomic E-state index is -0.0265. The molecule has 3 heterocycles. The lowest BCUT2D eigenvalue weighted by Gasteiger charge is -2.36. The number of furan rings is 1. The van der Waals surface area contributed by atoms with E-state index in [1.165, 1.54) is 45.7 Å². The van der Waals surface area contributed by atoms with Gasteiger partial charge < -0.3 is 29.3 Å². The number of amides is 1. The Balaban J connectivity index is 1.38. The van der Waals surface area contributed by atoms with Crippen LogP contribution in [0.2, 0.25) is 0 Å². The number of piperazine rings is 2. The molecule has 0 saturated carbocycles. The summed E-state index contributed by atoms with van der Waals surface area (Å²) in [5, 5.41) is 3.41. The monoisotopic (exact) mass is 418 g/mol.